The van der Waals surface area contributed by atoms with Crippen LogP contribution < -0.4 is 15.5 Å². The molecule has 0 radical (unpaired) electrons. The van der Waals surface area contributed by atoms with Crippen LogP contribution in [0.25, 0.3) is 0 Å². The lowest BCUT2D eigenvalue weighted by molar-refractivity contribution is -0.127. The summed E-state index contributed by atoms with van der Waals surface area (Å²) in [7, 11) is 0. The van der Waals surface area contributed by atoms with Crippen LogP contribution in [0.1, 0.15) is 61.4 Å². The first-order chi connectivity index (χ1) is 16.7. The lowest BCUT2D eigenvalue weighted by atomic mass is 10.0. The van der Waals surface area contributed by atoms with E-state index < -0.39 is 0 Å². The van der Waals surface area contributed by atoms with Crippen molar-refractivity contribution in [1.82, 2.24) is 15.6 Å². The summed E-state index contributed by atoms with van der Waals surface area (Å²) in [5, 5.41) is 7.17. The first-order valence-electron chi connectivity index (χ1n) is 12.3. The van der Waals surface area contributed by atoms with Gasteiger partial charge in [0, 0.05) is 17.7 Å². The summed E-state index contributed by atoms with van der Waals surface area (Å²) in [5.41, 5.74) is 4.23. The molecule has 1 atom stereocenters. The smallest absolute Gasteiger partial charge is 0.257 e. The molecule has 34 heavy (non-hydrogen) atoms. The molecular weight excluding hydrogens is 428 g/mol. The second-order valence-corrected chi connectivity index (χ2v) is 8.44. The number of rotatable bonds is 12. The number of hydrazone groups is 1. The van der Waals surface area contributed by atoms with E-state index >= 15 is 0 Å². The monoisotopic (exact) mass is 464 g/mol. The Balaban J connectivity index is 1.50. The predicted octanol–water partition coefficient (Wildman–Crippen LogP) is 3.99. The van der Waals surface area contributed by atoms with E-state index in [9.17, 15) is 9.59 Å². The van der Waals surface area contributed by atoms with E-state index in [1.165, 1.54) is 6.42 Å². The van der Waals surface area contributed by atoms with Crippen LogP contribution in [-0.2, 0) is 4.79 Å². The summed E-state index contributed by atoms with van der Waals surface area (Å²) in [6.07, 6.45) is 7.47. The van der Waals surface area contributed by atoms with Crippen LogP contribution >= 0.6 is 0 Å². The lowest BCUT2D eigenvalue weighted by Gasteiger charge is -2.33. The minimum atomic E-state index is -0.218. The number of hydrogen-bond donors (Lipinski definition) is 2. The maximum absolute atomic E-state index is 13.0. The van der Waals surface area contributed by atoms with E-state index in [1.54, 1.807) is 18.3 Å². The van der Waals surface area contributed by atoms with Gasteiger partial charge >= 0.3 is 0 Å². The van der Waals surface area contributed by atoms with E-state index in [1.807, 2.05) is 49.4 Å². The van der Waals surface area contributed by atoms with Crippen molar-refractivity contribution < 1.29 is 14.3 Å². The Morgan fingerprint density at radius 1 is 1.03 bits per heavy atom. The minimum Gasteiger partial charge on any atom is -0.493 e. The zero-order chi connectivity index (χ0) is 24.0. The Kier molecular flexibility index (Phi) is 10.6. The van der Waals surface area contributed by atoms with Crippen molar-refractivity contribution in [2.75, 3.05) is 26.2 Å². The number of ether oxygens (including phenoxy) is 1. The van der Waals surface area contributed by atoms with Gasteiger partial charge < -0.3 is 10.1 Å². The van der Waals surface area contributed by atoms with Crippen LogP contribution in [0.15, 0.2) is 59.7 Å². The van der Waals surface area contributed by atoms with Gasteiger partial charge in [-0.15, -0.1) is 0 Å². The van der Waals surface area contributed by atoms with Crippen LogP contribution in [0, 0.1) is 0 Å². The van der Waals surface area contributed by atoms with Crippen molar-refractivity contribution in [1.29, 1.82) is 0 Å². The second kappa shape index (κ2) is 14.2. The van der Waals surface area contributed by atoms with Crippen LogP contribution in [-0.4, -0.2) is 55.2 Å². The SMILES string of the molecule is CCOc1ccccc1/C=N/NC(=O)[C@@H](CCCCNC(=O)c1ccccc1)N1CCCCC1. The number of likely N-dealkylation sites (tertiary alicyclic amines) is 1. The minimum absolute atomic E-state index is 0.0624. The lowest BCUT2D eigenvalue weighted by Crippen LogP contribution is -2.47. The van der Waals surface area contributed by atoms with Crippen molar-refractivity contribution in [3.8, 4) is 5.75 Å². The fraction of sp³-hybridized carbons (Fsp3) is 0.444. The highest BCUT2D eigenvalue weighted by molar-refractivity contribution is 5.94. The van der Waals surface area contributed by atoms with Gasteiger partial charge in [0.2, 0.25) is 0 Å². The zero-order valence-corrected chi connectivity index (χ0v) is 20.0. The van der Waals surface area contributed by atoms with E-state index in [-0.39, 0.29) is 17.9 Å². The van der Waals surface area contributed by atoms with E-state index in [4.69, 9.17) is 4.74 Å². The summed E-state index contributed by atoms with van der Waals surface area (Å²) < 4.78 is 5.62. The number of nitrogens with zero attached hydrogens (tertiary/aromatic N) is 2. The highest BCUT2D eigenvalue weighted by Gasteiger charge is 2.26. The van der Waals surface area contributed by atoms with Gasteiger partial charge in [0.25, 0.3) is 11.8 Å². The number of amides is 2. The van der Waals surface area contributed by atoms with Gasteiger partial charge in [0.1, 0.15) is 5.75 Å². The molecule has 1 aliphatic rings. The third-order valence-electron chi connectivity index (χ3n) is 5.96. The number of carbonyl (C=O) groups is 2. The van der Waals surface area contributed by atoms with Crippen molar-refractivity contribution >= 4 is 18.0 Å². The molecule has 2 aromatic rings. The quantitative estimate of drug-likeness (QED) is 0.283. The third kappa shape index (κ3) is 7.99. The first-order valence-corrected chi connectivity index (χ1v) is 12.3. The van der Waals surface area contributed by atoms with Gasteiger partial charge in [0.15, 0.2) is 0 Å². The number of para-hydroxylation sites is 1. The number of nitrogens with one attached hydrogen (secondary N) is 2. The highest BCUT2D eigenvalue weighted by atomic mass is 16.5. The molecule has 7 heteroatoms. The molecule has 2 N–H and O–H groups in total. The Morgan fingerprint density at radius 2 is 1.76 bits per heavy atom. The molecule has 1 saturated heterocycles. The maximum atomic E-state index is 13.0. The van der Waals surface area contributed by atoms with Gasteiger partial charge in [-0.1, -0.05) is 36.8 Å². The molecule has 182 valence electrons. The normalized spacial score (nSPS) is 15.1. The fourth-order valence-electron chi connectivity index (χ4n) is 4.18. The van der Waals surface area contributed by atoms with Gasteiger partial charge in [0.05, 0.1) is 18.9 Å². The largest absolute Gasteiger partial charge is 0.493 e. The molecule has 1 fully saturated rings. The fourth-order valence-corrected chi connectivity index (χ4v) is 4.18. The van der Waals surface area contributed by atoms with Crippen molar-refractivity contribution in [3.05, 3.63) is 65.7 Å². The number of benzene rings is 2. The molecule has 2 amide bonds. The number of unbranched alkanes of at least 4 members (excludes halogenated alkanes) is 1. The summed E-state index contributed by atoms with van der Waals surface area (Å²) >= 11 is 0. The second-order valence-electron chi connectivity index (χ2n) is 8.44. The molecular formula is C27H36N4O3. The molecule has 2 aromatic carbocycles. The van der Waals surface area contributed by atoms with Gasteiger partial charge in [-0.2, -0.15) is 5.10 Å². The molecule has 3 rings (SSSR count). The van der Waals surface area contributed by atoms with Gasteiger partial charge in [-0.05, 0) is 76.4 Å². The molecule has 0 spiro atoms. The van der Waals surface area contributed by atoms with Crippen LogP contribution in [0.2, 0.25) is 0 Å². The highest BCUT2D eigenvalue weighted by Crippen LogP contribution is 2.17. The summed E-state index contributed by atoms with van der Waals surface area (Å²) in [5.74, 6) is 0.598. The predicted molar refractivity (Wildman–Crippen MR) is 135 cm³/mol. The Morgan fingerprint density at radius 3 is 2.53 bits per heavy atom. The Bertz CT molecular complexity index is 926. The van der Waals surface area contributed by atoms with Crippen LogP contribution in [0.3, 0.4) is 0 Å². The molecule has 0 bridgehead atoms. The molecule has 1 heterocycles. The van der Waals surface area contributed by atoms with Crippen LogP contribution in [0.4, 0.5) is 0 Å². The molecule has 7 nitrogen and oxygen atoms in total. The average molecular weight is 465 g/mol. The van der Waals surface area contributed by atoms with Gasteiger partial charge in [-0.25, -0.2) is 5.43 Å². The Hall–Kier alpha value is -3.19. The zero-order valence-electron chi connectivity index (χ0n) is 20.0. The first kappa shape index (κ1) is 25.4. The Labute approximate surface area is 202 Å². The van der Waals surface area contributed by atoms with Crippen molar-refractivity contribution in [3.63, 3.8) is 0 Å². The molecule has 0 saturated carbocycles. The molecule has 1 aliphatic heterocycles. The van der Waals surface area contributed by atoms with Crippen LogP contribution in [0.5, 0.6) is 5.75 Å². The standard InChI is InChI=1S/C27H36N4O3/c1-2-34-25-17-8-7-15-23(25)21-29-30-27(33)24(31-19-11-4-12-20-31)16-9-10-18-28-26(32)22-13-5-3-6-14-22/h3,5-8,13-15,17,21,24H,2,4,9-12,16,18-20H2,1H3,(H,28,32)(H,30,33)/b29-21+/t24-/m1/s1. The van der Waals surface area contributed by atoms with Crippen molar-refractivity contribution in [2.24, 2.45) is 5.10 Å². The van der Waals surface area contributed by atoms with E-state index in [0.29, 0.717) is 18.7 Å². The van der Waals surface area contributed by atoms with E-state index in [2.05, 4.69) is 20.7 Å². The molecule has 0 aromatic heterocycles. The summed E-state index contributed by atoms with van der Waals surface area (Å²) in [6.45, 7) is 4.96. The summed E-state index contributed by atoms with van der Waals surface area (Å²) in [4.78, 5) is 27.5. The topological polar surface area (TPSA) is 83.0 Å². The number of piperidine rings is 1. The third-order valence-corrected chi connectivity index (χ3v) is 5.96. The van der Waals surface area contributed by atoms with Crippen molar-refractivity contribution in [2.45, 2.75) is 51.5 Å². The summed E-state index contributed by atoms with van der Waals surface area (Å²) in [6, 6.07) is 16.6. The molecule has 0 aliphatic carbocycles. The molecule has 0 unspecified atom stereocenters. The van der Waals surface area contributed by atoms with Gasteiger partial charge in [-0.3, -0.25) is 14.5 Å². The van der Waals surface area contributed by atoms with E-state index in [0.717, 1.165) is 56.5 Å². The average Bonchev–Trinajstić information content (AvgIpc) is 2.88. The maximum Gasteiger partial charge on any atom is 0.257 e. The number of hydrogen-bond acceptors (Lipinski definition) is 5. The number of carbonyl (C=O) groups excluding carboxylic acids is 2.